The minimum absolute atomic E-state index is 0.418. The largest absolute Gasteiger partial charge is 0.313 e. The van der Waals surface area contributed by atoms with Crippen LogP contribution in [0.3, 0.4) is 0 Å². The van der Waals surface area contributed by atoms with E-state index in [2.05, 4.69) is 17.4 Å². The Morgan fingerprint density at radius 1 is 1.12 bits per heavy atom. The van der Waals surface area contributed by atoms with Gasteiger partial charge >= 0.3 is 0 Å². The Hall–Kier alpha value is -0.530. The van der Waals surface area contributed by atoms with Crippen molar-refractivity contribution < 1.29 is 0 Å². The topological polar surface area (TPSA) is 12.0 Å². The maximum Gasteiger partial charge on any atom is 0.0406 e. The summed E-state index contributed by atoms with van der Waals surface area (Å²) < 4.78 is 0. The zero-order valence-corrected chi connectivity index (χ0v) is 10.3. The molecular formula is C14H18ClN. The SMILES string of the molecule is Clc1ccc(C2(C3CCCN3)CCC2)cc1. The van der Waals surface area contributed by atoms with Gasteiger partial charge in [0, 0.05) is 16.5 Å². The van der Waals surface area contributed by atoms with Crippen LogP contribution in [0.4, 0.5) is 0 Å². The summed E-state index contributed by atoms with van der Waals surface area (Å²) in [5, 5.41) is 4.52. The van der Waals surface area contributed by atoms with Crippen LogP contribution in [0.25, 0.3) is 0 Å². The zero-order chi connectivity index (χ0) is 11.0. The van der Waals surface area contributed by atoms with Crippen molar-refractivity contribution in [3.05, 3.63) is 34.9 Å². The summed E-state index contributed by atoms with van der Waals surface area (Å²) in [5.41, 5.74) is 1.91. The summed E-state index contributed by atoms with van der Waals surface area (Å²) >= 11 is 5.97. The van der Waals surface area contributed by atoms with E-state index in [1.54, 1.807) is 0 Å². The van der Waals surface area contributed by atoms with Gasteiger partial charge < -0.3 is 5.32 Å². The molecule has 2 fully saturated rings. The van der Waals surface area contributed by atoms with Gasteiger partial charge in [-0.25, -0.2) is 0 Å². The van der Waals surface area contributed by atoms with Crippen LogP contribution in [0, 0.1) is 0 Å². The Kier molecular flexibility index (Phi) is 2.68. The van der Waals surface area contributed by atoms with Crippen LogP contribution in [0.1, 0.15) is 37.7 Å². The molecule has 86 valence electrons. The first kappa shape index (κ1) is 10.6. The predicted molar refractivity (Wildman–Crippen MR) is 68.0 cm³/mol. The van der Waals surface area contributed by atoms with E-state index < -0.39 is 0 Å². The van der Waals surface area contributed by atoms with Gasteiger partial charge in [0.2, 0.25) is 0 Å². The van der Waals surface area contributed by atoms with Gasteiger partial charge in [0.1, 0.15) is 0 Å². The van der Waals surface area contributed by atoms with Crippen molar-refractivity contribution in [1.82, 2.24) is 5.32 Å². The molecule has 0 aromatic heterocycles. The van der Waals surface area contributed by atoms with Gasteiger partial charge in [0.15, 0.2) is 0 Å². The van der Waals surface area contributed by atoms with Crippen molar-refractivity contribution in [3.63, 3.8) is 0 Å². The Balaban J connectivity index is 1.91. The van der Waals surface area contributed by atoms with Crippen LogP contribution in [0.15, 0.2) is 24.3 Å². The monoisotopic (exact) mass is 235 g/mol. The third-order valence-electron chi connectivity index (χ3n) is 4.39. The molecule has 0 radical (unpaired) electrons. The van der Waals surface area contributed by atoms with Crippen LogP contribution >= 0.6 is 11.6 Å². The molecular weight excluding hydrogens is 218 g/mol. The molecule has 0 amide bonds. The minimum atomic E-state index is 0.418. The fourth-order valence-corrected chi connectivity index (χ4v) is 3.46. The van der Waals surface area contributed by atoms with Gasteiger partial charge in [0.05, 0.1) is 0 Å². The second-order valence-electron chi connectivity index (χ2n) is 5.17. The number of halogens is 1. The molecule has 1 aromatic rings. The van der Waals surface area contributed by atoms with E-state index in [1.165, 1.54) is 44.2 Å². The third-order valence-corrected chi connectivity index (χ3v) is 4.64. The van der Waals surface area contributed by atoms with Crippen molar-refractivity contribution in [3.8, 4) is 0 Å². The highest BCUT2D eigenvalue weighted by atomic mass is 35.5. The van der Waals surface area contributed by atoms with E-state index in [-0.39, 0.29) is 0 Å². The van der Waals surface area contributed by atoms with Crippen molar-refractivity contribution in [2.75, 3.05) is 6.54 Å². The lowest BCUT2D eigenvalue weighted by Crippen LogP contribution is -2.50. The summed E-state index contributed by atoms with van der Waals surface area (Å²) in [5.74, 6) is 0. The molecule has 1 aromatic carbocycles. The summed E-state index contributed by atoms with van der Waals surface area (Å²) in [4.78, 5) is 0. The molecule has 2 aliphatic rings. The molecule has 3 rings (SSSR count). The molecule has 1 heterocycles. The molecule has 1 aliphatic heterocycles. The maximum absolute atomic E-state index is 5.97. The van der Waals surface area contributed by atoms with E-state index in [1.807, 2.05) is 12.1 Å². The Labute approximate surface area is 102 Å². The first-order valence-electron chi connectivity index (χ1n) is 6.31. The number of benzene rings is 1. The zero-order valence-electron chi connectivity index (χ0n) is 9.51. The third kappa shape index (κ3) is 1.57. The summed E-state index contributed by atoms with van der Waals surface area (Å²) in [7, 11) is 0. The van der Waals surface area contributed by atoms with Gasteiger partial charge in [-0.3, -0.25) is 0 Å². The van der Waals surface area contributed by atoms with E-state index in [9.17, 15) is 0 Å². The molecule has 2 heteroatoms. The molecule has 1 aliphatic carbocycles. The molecule has 1 unspecified atom stereocenters. The van der Waals surface area contributed by atoms with Crippen molar-refractivity contribution >= 4 is 11.6 Å². The standard InChI is InChI=1S/C14H18ClN/c15-12-6-4-11(5-7-12)14(8-2-9-14)13-3-1-10-16-13/h4-7,13,16H,1-3,8-10H2. The molecule has 1 saturated carbocycles. The Morgan fingerprint density at radius 3 is 2.38 bits per heavy atom. The molecule has 16 heavy (non-hydrogen) atoms. The number of hydrogen-bond acceptors (Lipinski definition) is 1. The lowest BCUT2D eigenvalue weighted by Gasteiger charge is -2.47. The molecule has 1 nitrogen and oxygen atoms in total. The van der Waals surface area contributed by atoms with E-state index in [0.29, 0.717) is 11.5 Å². The number of nitrogens with one attached hydrogen (secondary N) is 1. The van der Waals surface area contributed by atoms with Gasteiger partial charge in [-0.2, -0.15) is 0 Å². The van der Waals surface area contributed by atoms with Crippen molar-refractivity contribution in [2.24, 2.45) is 0 Å². The number of hydrogen-bond donors (Lipinski definition) is 1. The van der Waals surface area contributed by atoms with Crippen molar-refractivity contribution in [2.45, 2.75) is 43.6 Å². The highest BCUT2D eigenvalue weighted by Crippen LogP contribution is 2.48. The molecule has 0 spiro atoms. The highest BCUT2D eigenvalue weighted by molar-refractivity contribution is 6.30. The maximum atomic E-state index is 5.97. The first-order chi connectivity index (χ1) is 7.81. The first-order valence-corrected chi connectivity index (χ1v) is 6.68. The molecule has 1 saturated heterocycles. The van der Waals surface area contributed by atoms with Crippen molar-refractivity contribution in [1.29, 1.82) is 0 Å². The number of rotatable bonds is 2. The fourth-order valence-electron chi connectivity index (χ4n) is 3.33. The smallest absolute Gasteiger partial charge is 0.0406 e. The molecule has 1 N–H and O–H groups in total. The van der Waals surface area contributed by atoms with Gasteiger partial charge in [-0.05, 0) is 49.9 Å². The summed E-state index contributed by atoms with van der Waals surface area (Å²) in [6.45, 7) is 1.19. The van der Waals surface area contributed by atoms with Crippen LogP contribution in [-0.2, 0) is 5.41 Å². The van der Waals surface area contributed by atoms with Crippen LogP contribution in [-0.4, -0.2) is 12.6 Å². The Bertz CT molecular complexity index is 361. The van der Waals surface area contributed by atoms with Gasteiger partial charge in [0.25, 0.3) is 0 Å². The Morgan fingerprint density at radius 2 is 1.88 bits per heavy atom. The average molecular weight is 236 g/mol. The lowest BCUT2D eigenvalue weighted by atomic mass is 9.60. The van der Waals surface area contributed by atoms with Gasteiger partial charge in [-0.1, -0.05) is 30.2 Å². The predicted octanol–water partition coefficient (Wildman–Crippen LogP) is 3.51. The highest BCUT2D eigenvalue weighted by Gasteiger charge is 2.45. The van der Waals surface area contributed by atoms with E-state index in [0.717, 1.165) is 5.02 Å². The van der Waals surface area contributed by atoms with Crippen LogP contribution in [0.5, 0.6) is 0 Å². The summed E-state index contributed by atoms with van der Waals surface area (Å²) in [6.07, 6.45) is 6.72. The summed E-state index contributed by atoms with van der Waals surface area (Å²) in [6, 6.07) is 9.21. The second-order valence-corrected chi connectivity index (χ2v) is 5.60. The fraction of sp³-hybridized carbons (Fsp3) is 0.571. The molecule has 1 atom stereocenters. The average Bonchev–Trinajstić information content (AvgIpc) is 2.73. The van der Waals surface area contributed by atoms with Crippen LogP contribution < -0.4 is 5.32 Å². The quantitative estimate of drug-likeness (QED) is 0.827. The second kappa shape index (κ2) is 4.05. The van der Waals surface area contributed by atoms with Gasteiger partial charge in [-0.15, -0.1) is 0 Å². The van der Waals surface area contributed by atoms with E-state index >= 15 is 0 Å². The lowest BCUT2D eigenvalue weighted by molar-refractivity contribution is 0.182. The molecule has 0 bridgehead atoms. The minimum Gasteiger partial charge on any atom is -0.313 e. The van der Waals surface area contributed by atoms with E-state index in [4.69, 9.17) is 11.6 Å². The van der Waals surface area contributed by atoms with Crippen LogP contribution in [0.2, 0.25) is 5.02 Å². The normalized spacial score (nSPS) is 27.7.